The zero-order valence-corrected chi connectivity index (χ0v) is 14.1. The summed E-state index contributed by atoms with van der Waals surface area (Å²) in [5.74, 6) is -1.28. The third kappa shape index (κ3) is 3.85. The first-order chi connectivity index (χ1) is 10.9. The van der Waals surface area contributed by atoms with Gasteiger partial charge in [0, 0.05) is 5.02 Å². The number of carboxylic acid groups (broad SMARTS) is 1. The van der Waals surface area contributed by atoms with Crippen molar-refractivity contribution in [3.05, 3.63) is 34.9 Å². The molecule has 1 saturated heterocycles. The SMILES string of the molecule is CCC(CC)(NC(=O)[C@@H]1CC[C@H](C(=O)O)O1)c1ccc(Cl)cc1. The molecular formula is C17H22ClNO4. The second kappa shape index (κ2) is 7.32. The number of carbonyl (C=O) groups is 2. The number of carbonyl (C=O) groups excluding carboxylic acids is 1. The molecule has 2 N–H and O–H groups in total. The molecule has 1 aromatic rings. The highest BCUT2D eigenvalue weighted by Gasteiger charge is 2.38. The smallest absolute Gasteiger partial charge is 0.332 e. The van der Waals surface area contributed by atoms with Gasteiger partial charge in [-0.15, -0.1) is 0 Å². The molecule has 1 heterocycles. The van der Waals surface area contributed by atoms with E-state index in [-0.39, 0.29) is 5.91 Å². The first-order valence-electron chi connectivity index (χ1n) is 7.88. The Morgan fingerprint density at radius 3 is 2.26 bits per heavy atom. The van der Waals surface area contributed by atoms with Crippen LogP contribution in [0.2, 0.25) is 5.02 Å². The van der Waals surface area contributed by atoms with Crippen LogP contribution in [0.5, 0.6) is 0 Å². The molecule has 2 atom stereocenters. The lowest BCUT2D eigenvalue weighted by Gasteiger charge is -2.34. The molecule has 1 aliphatic rings. The van der Waals surface area contributed by atoms with E-state index in [4.69, 9.17) is 21.4 Å². The van der Waals surface area contributed by atoms with Crippen molar-refractivity contribution in [2.45, 2.75) is 57.3 Å². The molecular weight excluding hydrogens is 318 g/mol. The topological polar surface area (TPSA) is 75.6 Å². The van der Waals surface area contributed by atoms with Crippen LogP contribution in [0, 0.1) is 0 Å². The van der Waals surface area contributed by atoms with E-state index in [0.29, 0.717) is 30.7 Å². The van der Waals surface area contributed by atoms with Crippen molar-refractivity contribution in [1.82, 2.24) is 5.32 Å². The average molecular weight is 340 g/mol. The van der Waals surface area contributed by atoms with Crippen molar-refractivity contribution in [3.8, 4) is 0 Å². The molecule has 1 amide bonds. The molecule has 0 aliphatic carbocycles. The van der Waals surface area contributed by atoms with Gasteiger partial charge >= 0.3 is 5.97 Å². The molecule has 0 spiro atoms. The molecule has 0 saturated carbocycles. The van der Waals surface area contributed by atoms with Gasteiger partial charge in [0.05, 0.1) is 5.54 Å². The Morgan fingerprint density at radius 1 is 1.22 bits per heavy atom. The molecule has 0 bridgehead atoms. The van der Waals surface area contributed by atoms with Gasteiger partial charge in [0.15, 0.2) is 6.10 Å². The number of hydrogen-bond donors (Lipinski definition) is 2. The summed E-state index contributed by atoms with van der Waals surface area (Å²) in [6.07, 6.45) is 0.615. The van der Waals surface area contributed by atoms with Crippen molar-refractivity contribution in [1.29, 1.82) is 0 Å². The number of aliphatic carboxylic acids is 1. The number of rotatable bonds is 6. The first-order valence-corrected chi connectivity index (χ1v) is 8.26. The fourth-order valence-corrected chi connectivity index (χ4v) is 3.13. The number of ether oxygens (including phenoxy) is 1. The zero-order valence-electron chi connectivity index (χ0n) is 13.3. The lowest BCUT2D eigenvalue weighted by atomic mass is 9.84. The van der Waals surface area contributed by atoms with Crippen LogP contribution in [0.1, 0.15) is 45.1 Å². The minimum atomic E-state index is -1.02. The summed E-state index contributed by atoms with van der Waals surface area (Å²) < 4.78 is 5.34. The molecule has 1 aliphatic heterocycles. The maximum absolute atomic E-state index is 12.5. The van der Waals surface area contributed by atoms with Crippen LogP contribution in [0.3, 0.4) is 0 Å². The van der Waals surface area contributed by atoms with E-state index in [1.54, 1.807) is 12.1 Å². The fourth-order valence-electron chi connectivity index (χ4n) is 3.00. The molecule has 0 unspecified atom stereocenters. The van der Waals surface area contributed by atoms with Crippen molar-refractivity contribution >= 4 is 23.5 Å². The van der Waals surface area contributed by atoms with Gasteiger partial charge < -0.3 is 15.2 Å². The number of nitrogens with one attached hydrogen (secondary N) is 1. The summed E-state index contributed by atoms with van der Waals surface area (Å²) in [6.45, 7) is 4.02. The summed E-state index contributed by atoms with van der Waals surface area (Å²) >= 11 is 5.94. The Kier molecular flexibility index (Phi) is 5.65. The van der Waals surface area contributed by atoms with Gasteiger partial charge in [0.25, 0.3) is 0 Å². The van der Waals surface area contributed by atoms with E-state index in [0.717, 1.165) is 5.56 Å². The Labute approximate surface area is 141 Å². The van der Waals surface area contributed by atoms with Crippen molar-refractivity contribution in [3.63, 3.8) is 0 Å². The fraction of sp³-hybridized carbons (Fsp3) is 0.529. The minimum absolute atomic E-state index is 0.257. The normalized spacial score (nSPS) is 21.2. The number of amides is 1. The van der Waals surface area contributed by atoms with Crippen LogP contribution in [-0.4, -0.2) is 29.2 Å². The van der Waals surface area contributed by atoms with E-state index < -0.39 is 23.7 Å². The van der Waals surface area contributed by atoms with E-state index >= 15 is 0 Å². The number of benzene rings is 1. The highest BCUT2D eigenvalue weighted by molar-refractivity contribution is 6.30. The maximum atomic E-state index is 12.5. The predicted octanol–water partition coefficient (Wildman–Crippen LogP) is 3.10. The van der Waals surface area contributed by atoms with E-state index in [9.17, 15) is 9.59 Å². The van der Waals surface area contributed by atoms with Crippen LogP contribution in [-0.2, 0) is 19.9 Å². The molecule has 1 aromatic carbocycles. The van der Waals surface area contributed by atoms with Gasteiger partial charge in [-0.3, -0.25) is 4.79 Å². The minimum Gasteiger partial charge on any atom is -0.479 e. The Balaban J connectivity index is 2.14. The summed E-state index contributed by atoms with van der Waals surface area (Å²) in [6, 6.07) is 7.42. The highest BCUT2D eigenvalue weighted by Crippen LogP contribution is 2.31. The van der Waals surface area contributed by atoms with Gasteiger partial charge in [0.1, 0.15) is 6.10 Å². The number of carboxylic acids is 1. The summed E-state index contributed by atoms with van der Waals surface area (Å²) in [7, 11) is 0. The van der Waals surface area contributed by atoms with Crippen LogP contribution in [0.4, 0.5) is 0 Å². The molecule has 126 valence electrons. The third-order valence-electron chi connectivity index (χ3n) is 4.55. The molecule has 6 heteroatoms. The third-order valence-corrected chi connectivity index (χ3v) is 4.81. The van der Waals surface area contributed by atoms with Crippen molar-refractivity contribution in [2.24, 2.45) is 0 Å². The predicted molar refractivity (Wildman–Crippen MR) is 87.4 cm³/mol. The van der Waals surface area contributed by atoms with Crippen LogP contribution in [0.15, 0.2) is 24.3 Å². The Hall–Kier alpha value is -1.59. The van der Waals surface area contributed by atoms with E-state index in [1.165, 1.54) is 0 Å². The second-order valence-corrected chi connectivity index (χ2v) is 6.25. The summed E-state index contributed by atoms with van der Waals surface area (Å²) in [5, 5.41) is 12.7. The van der Waals surface area contributed by atoms with Crippen LogP contribution in [0.25, 0.3) is 0 Å². The number of hydrogen-bond acceptors (Lipinski definition) is 3. The summed E-state index contributed by atoms with van der Waals surface area (Å²) in [4.78, 5) is 23.5. The van der Waals surface area contributed by atoms with Crippen LogP contribution >= 0.6 is 11.6 Å². The Morgan fingerprint density at radius 2 is 1.78 bits per heavy atom. The quantitative estimate of drug-likeness (QED) is 0.835. The average Bonchev–Trinajstić information content (AvgIpc) is 3.04. The molecule has 5 nitrogen and oxygen atoms in total. The van der Waals surface area contributed by atoms with Crippen molar-refractivity contribution < 1.29 is 19.4 Å². The lowest BCUT2D eigenvalue weighted by molar-refractivity contribution is -0.152. The lowest BCUT2D eigenvalue weighted by Crippen LogP contribution is -2.49. The molecule has 1 fully saturated rings. The van der Waals surface area contributed by atoms with Gasteiger partial charge in [-0.1, -0.05) is 37.6 Å². The van der Waals surface area contributed by atoms with Gasteiger partial charge in [-0.05, 0) is 43.4 Å². The highest BCUT2D eigenvalue weighted by atomic mass is 35.5. The standard InChI is InChI=1S/C17H22ClNO4/c1-3-17(4-2,11-5-7-12(18)8-6-11)19-15(20)13-9-10-14(23-13)16(21)22/h5-8,13-14H,3-4,9-10H2,1-2H3,(H,19,20)(H,21,22)/t13-,14+/m0/s1. The number of halogens is 1. The molecule has 23 heavy (non-hydrogen) atoms. The monoisotopic (exact) mass is 339 g/mol. The van der Waals surface area contributed by atoms with Gasteiger partial charge in [-0.25, -0.2) is 4.79 Å². The molecule has 2 rings (SSSR count). The first kappa shape index (κ1) is 17.8. The van der Waals surface area contributed by atoms with E-state index in [2.05, 4.69) is 5.32 Å². The molecule has 0 aromatic heterocycles. The summed E-state index contributed by atoms with van der Waals surface area (Å²) in [5.41, 5.74) is 0.472. The Bertz CT molecular complexity index is 568. The van der Waals surface area contributed by atoms with Crippen LogP contribution < -0.4 is 5.32 Å². The molecule has 0 radical (unpaired) electrons. The zero-order chi connectivity index (χ0) is 17.0. The van der Waals surface area contributed by atoms with Gasteiger partial charge in [-0.2, -0.15) is 0 Å². The second-order valence-electron chi connectivity index (χ2n) is 5.81. The maximum Gasteiger partial charge on any atom is 0.332 e. The van der Waals surface area contributed by atoms with E-state index in [1.807, 2.05) is 26.0 Å². The van der Waals surface area contributed by atoms with Crippen molar-refractivity contribution in [2.75, 3.05) is 0 Å². The van der Waals surface area contributed by atoms with Gasteiger partial charge in [0.2, 0.25) is 5.91 Å². The largest absolute Gasteiger partial charge is 0.479 e.